The maximum absolute atomic E-state index is 5.61. The Bertz CT molecular complexity index is 770. The predicted molar refractivity (Wildman–Crippen MR) is 128 cm³/mol. The quantitative estimate of drug-likeness (QED) is 0.427. The first kappa shape index (κ1) is 23.2. The van der Waals surface area contributed by atoms with Crippen LogP contribution >= 0.6 is 0 Å². The van der Waals surface area contributed by atoms with Crippen LogP contribution in [0.4, 0.5) is 0 Å². The topological polar surface area (TPSA) is 67.4 Å². The van der Waals surface area contributed by atoms with E-state index < -0.39 is 0 Å². The minimum absolute atomic E-state index is 0.198. The molecule has 1 aromatic rings. The lowest BCUT2D eigenvalue weighted by Crippen LogP contribution is -2.47. The van der Waals surface area contributed by atoms with Gasteiger partial charge in [0.1, 0.15) is 0 Å². The molecule has 32 heavy (non-hydrogen) atoms. The normalized spacial score (nSPS) is 22.0. The standard InChI is InChI=1S/C25H40N4O3/c1-4-26-24(28-18-25(10-5-11-25)20-7-8-20)27-17-21(29-12-14-32-15-13-29)19-6-9-22(30-2)23(16-19)31-3/h6,9,16,20-21H,4-5,7-8,10-15,17-18H2,1-3H3,(H2,26,27,28). The molecule has 0 spiro atoms. The van der Waals surface area contributed by atoms with Gasteiger partial charge in [-0.2, -0.15) is 0 Å². The summed E-state index contributed by atoms with van der Waals surface area (Å²) in [5.41, 5.74) is 1.69. The first-order valence-electron chi connectivity index (χ1n) is 12.2. The van der Waals surface area contributed by atoms with E-state index in [1.165, 1.54) is 37.7 Å². The fraction of sp³-hybridized carbons (Fsp3) is 0.720. The molecule has 1 aromatic carbocycles. The number of benzene rings is 1. The third-order valence-electron chi connectivity index (χ3n) is 7.43. The number of hydrogen-bond donors (Lipinski definition) is 2. The number of nitrogens with one attached hydrogen (secondary N) is 2. The van der Waals surface area contributed by atoms with E-state index in [4.69, 9.17) is 19.2 Å². The van der Waals surface area contributed by atoms with Crippen molar-refractivity contribution in [2.75, 3.05) is 60.2 Å². The van der Waals surface area contributed by atoms with Crippen LogP contribution in [-0.4, -0.2) is 71.0 Å². The fourth-order valence-electron chi connectivity index (χ4n) is 5.20. The molecule has 1 atom stereocenters. The van der Waals surface area contributed by atoms with E-state index in [0.29, 0.717) is 5.41 Å². The monoisotopic (exact) mass is 444 g/mol. The molecular weight excluding hydrogens is 404 g/mol. The Morgan fingerprint density at radius 1 is 1.16 bits per heavy atom. The Kier molecular flexibility index (Phi) is 7.79. The van der Waals surface area contributed by atoms with Gasteiger partial charge in [0.15, 0.2) is 17.5 Å². The molecule has 3 fully saturated rings. The van der Waals surface area contributed by atoms with Crippen LogP contribution in [0.3, 0.4) is 0 Å². The van der Waals surface area contributed by atoms with Gasteiger partial charge in [-0.25, -0.2) is 0 Å². The highest BCUT2D eigenvalue weighted by Gasteiger charge is 2.48. The van der Waals surface area contributed by atoms with Crippen LogP contribution in [0, 0.1) is 11.3 Å². The van der Waals surface area contributed by atoms with Crippen LogP contribution in [0.25, 0.3) is 0 Å². The van der Waals surface area contributed by atoms with Crippen molar-refractivity contribution in [1.29, 1.82) is 0 Å². The lowest BCUT2D eigenvalue weighted by Gasteiger charge is -2.41. The van der Waals surface area contributed by atoms with Crippen molar-refractivity contribution in [1.82, 2.24) is 15.5 Å². The van der Waals surface area contributed by atoms with Crippen LogP contribution < -0.4 is 20.1 Å². The second kappa shape index (κ2) is 10.8. The molecule has 0 aromatic heterocycles. The first-order chi connectivity index (χ1) is 15.7. The Morgan fingerprint density at radius 2 is 1.91 bits per heavy atom. The SMILES string of the molecule is CCNC(=NCC1(C2CC2)CCC1)NCC(c1ccc(OC)c(OC)c1)N1CCOCC1. The van der Waals surface area contributed by atoms with Gasteiger partial charge in [0.05, 0.1) is 33.5 Å². The van der Waals surface area contributed by atoms with Gasteiger partial charge >= 0.3 is 0 Å². The van der Waals surface area contributed by atoms with Crippen LogP contribution in [0.2, 0.25) is 0 Å². The van der Waals surface area contributed by atoms with Gasteiger partial charge in [-0.05, 0) is 61.6 Å². The van der Waals surface area contributed by atoms with Crippen molar-refractivity contribution in [3.63, 3.8) is 0 Å². The number of morpholine rings is 1. The Balaban J connectivity index is 1.48. The zero-order valence-electron chi connectivity index (χ0n) is 20.0. The molecule has 2 N–H and O–H groups in total. The van der Waals surface area contributed by atoms with Crippen molar-refractivity contribution in [3.05, 3.63) is 23.8 Å². The maximum atomic E-state index is 5.61. The fourth-order valence-corrected chi connectivity index (χ4v) is 5.20. The number of ether oxygens (including phenoxy) is 3. The molecule has 7 heteroatoms. The highest BCUT2D eigenvalue weighted by atomic mass is 16.5. The highest BCUT2D eigenvalue weighted by Crippen LogP contribution is 2.57. The third kappa shape index (κ3) is 5.31. The van der Waals surface area contributed by atoms with E-state index in [0.717, 1.165) is 69.3 Å². The van der Waals surface area contributed by atoms with E-state index in [-0.39, 0.29) is 6.04 Å². The smallest absolute Gasteiger partial charge is 0.191 e. The zero-order chi connectivity index (χ0) is 22.4. The molecule has 2 aliphatic carbocycles. The van der Waals surface area contributed by atoms with Gasteiger partial charge in [0, 0.05) is 32.7 Å². The summed E-state index contributed by atoms with van der Waals surface area (Å²) in [5.74, 6) is 3.36. The second-order valence-corrected chi connectivity index (χ2v) is 9.34. The summed E-state index contributed by atoms with van der Waals surface area (Å²) in [5, 5.41) is 7.11. The van der Waals surface area contributed by atoms with Crippen LogP contribution in [0.1, 0.15) is 50.6 Å². The lowest BCUT2D eigenvalue weighted by molar-refractivity contribution is 0.0169. The Morgan fingerprint density at radius 3 is 2.50 bits per heavy atom. The van der Waals surface area contributed by atoms with Crippen molar-refractivity contribution in [2.24, 2.45) is 16.3 Å². The predicted octanol–water partition coefficient (Wildman–Crippen LogP) is 3.21. The van der Waals surface area contributed by atoms with Crippen molar-refractivity contribution in [2.45, 2.75) is 45.1 Å². The lowest BCUT2D eigenvalue weighted by atomic mass is 9.65. The molecule has 4 rings (SSSR count). The molecular formula is C25H40N4O3. The summed E-state index contributed by atoms with van der Waals surface area (Å²) < 4.78 is 16.6. The van der Waals surface area contributed by atoms with Crippen LogP contribution in [0.15, 0.2) is 23.2 Å². The van der Waals surface area contributed by atoms with E-state index in [2.05, 4.69) is 34.6 Å². The molecule has 2 saturated carbocycles. The molecule has 1 saturated heterocycles. The number of rotatable bonds is 10. The van der Waals surface area contributed by atoms with E-state index in [1.807, 2.05) is 6.07 Å². The van der Waals surface area contributed by atoms with Crippen LogP contribution in [0.5, 0.6) is 11.5 Å². The number of nitrogens with zero attached hydrogens (tertiary/aromatic N) is 2. The van der Waals surface area contributed by atoms with Gasteiger partial charge < -0.3 is 24.8 Å². The Labute approximate surface area is 192 Å². The summed E-state index contributed by atoms with van der Waals surface area (Å²) in [7, 11) is 3.37. The van der Waals surface area contributed by atoms with Crippen molar-refractivity contribution >= 4 is 5.96 Å². The zero-order valence-corrected chi connectivity index (χ0v) is 20.0. The Hall–Kier alpha value is -1.99. The van der Waals surface area contributed by atoms with Gasteiger partial charge in [-0.1, -0.05) is 12.5 Å². The summed E-state index contributed by atoms with van der Waals surface area (Å²) in [4.78, 5) is 7.53. The summed E-state index contributed by atoms with van der Waals surface area (Å²) in [6, 6.07) is 6.44. The second-order valence-electron chi connectivity index (χ2n) is 9.34. The highest BCUT2D eigenvalue weighted by molar-refractivity contribution is 5.79. The largest absolute Gasteiger partial charge is 0.493 e. The van der Waals surface area contributed by atoms with Crippen molar-refractivity contribution < 1.29 is 14.2 Å². The van der Waals surface area contributed by atoms with Gasteiger partial charge in [-0.15, -0.1) is 0 Å². The molecule has 178 valence electrons. The molecule has 1 heterocycles. The summed E-state index contributed by atoms with van der Waals surface area (Å²) in [6.07, 6.45) is 6.87. The average molecular weight is 445 g/mol. The third-order valence-corrected chi connectivity index (χ3v) is 7.43. The van der Waals surface area contributed by atoms with Gasteiger partial charge in [-0.3, -0.25) is 9.89 Å². The maximum Gasteiger partial charge on any atom is 0.191 e. The van der Waals surface area contributed by atoms with E-state index in [9.17, 15) is 0 Å². The van der Waals surface area contributed by atoms with E-state index in [1.54, 1.807) is 14.2 Å². The van der Waals surface area contributed by atoms with Crippen molar-refractivity contribution in [3.8, 4) is 11.5 Å². The van der Waals surface area contributed by atoms with Gasteiger partial charge in [0.25, 0.3) is 0 Å². The molecule has 0 radical (unpaired) electrons. The van der Waals surface area contributed by atoms with Gasteiger partial charge in [0.2, 0.25) is 0 Å². The first-order valence-corrected chi connectivity index (χ1v) is 12.2. The average Bonchev–Trinajstić information content (AvgIpc) is 3.64. The minimum atomic E-state index is 0.198. The van der Waals surface area contributed by atoms with Crippen LogP contribution in [-0.2, 0) is 4.74 Å². The number of guanidine groups is 1. The molecule has 0 amide bonds. The molecule has 7 nitrogen and oxygen atoms in total. The molecule has 0 bridgehead atoms. The summed E-state index contributed by atoms with van der Waals surface area (Å²) in [6.45, 7) is 8.08. The molecule has 1 aliphatic heterocycles. The van der Waals surface area contributed by atoms with E-state index >= 15 is 0 Å². The number of methoxy groups -OCH3 is 2. The number of hydrogen-bond acceptors (Lipinski definition) is 5. The molecule has 1 unspecified atom stereocenters. The minimum Gasteiger partial charge on any atom is -0.493 e. The summed E-state index contributed by atoms with van der Waals surface area (Å²) >= 11 is 0. The molecule has 3 aliphatic rings. The number of aliphatic imine (C=N–C) groups is 1.